The summed E-state index contributed by atoms with van der Waals surface area (Å²) in [5, 5.41) is 6.66. The highest BCUT2D eigenvalue weighted by atomic mass is 19.1. The van der Waals surface area contributed by atoms with Crippen molar-refractivity contribution in [3.63, 3.8) is 0 Å². The van der Waals surface area contributed by atoms with Crippen LogP contribution in [-0.4, -0.2) is 40.4 Å². The maximum atomic E-state index is 12.9. The first kappa shape index (κ1) is 14.1. The Labute approximate surface area is 115 Å². The molecule has 0 aliphatic rings. The quantitative estimate of drug-likeness (QED) is 0.763. The van der Waals surface area contributed by atoms with Crippen LogP contribution in [0.5, 0.6) is 0 Å². The van der Waals surface area contributed by atoms with E-state index >= 15 is 0 Å². The van der Waals surface area contributed by atoms with E-state index in [1.54, 1.807) is 10.9 Å². The van der Waals surface area contributed by atoms with Crippen molar-refractivity contribution in [2.75, 3.05) is 19.8 Å². The minimum atomic E-state index is -0.534. The summed E-state index contributed by atoms with van der Waals surface area (Å²) in [6, 6.07) is 2.98. The molecule has 0 aromatic carbocycles. The number of hydrogen-bond donors (Lipinski definition) is 1. The van der Waals surface area contributed by atoms with Crippen LogP contribution in [0.4, 0.5) is 4.39 Å². The fourth-order valence-electron chi connectivity index (χ4n) is 1.57. The standard InChI is InChI=1S/C13H15FN4O2/c14-12-8-11(9-15-10-12)13(19)16-3-6-20-7-5-18-4-1-2-17-18/h1-2,4,8-10H,3,5-7H2,(H,16,19). The van der Waals surface area contributed by atoms with Crippen molar-refractivity contribution < 1.29 is 13.9 Å². The van der Waals surface area contributed by atoms with Crippen LogP contribution in [0.2, 0.25) is 0 Å². The molecule has 6 nitrogen and oxygen atoms in total. The minimum absolute atomic E-state index is 0.196. The average molecular weight is 278 g/mol. The molecular weight excluding hydrogens is 263 g/mol. The Hall–Kier alpha value is -2.28. The molecule has 2 aromatic rings. The lowest BCUT2D eigenvalue weighted by Crippen LogP contribution is -2.27. The fraction of sp³-hybridized carbons (Fsp3) is 0.308. The van der Waals surface area contributed by atoms with Crippen LogP contribution in [0.15, 0.2) is 36.9 Å². The van der Waals surface area contributed by atoms with Gasteiger partial charge in [0.2, 0.25) is 0 Å². The van der Waals surface area contributed by atoms with Gasteiger partial charge in [-0.05, 0) is 12.1 Å². The van der Waals surface area contributed by atoms with Gasteiger partial charge in [-0.1, -0.05) is 0 Å². The molecule has 106 valence electrons. The number of halogens is 1. The maximum absolute atomic E-state index is 12.9. The van der Waals surface area contributed by atoms with Gasteiger partial charge < -0.3 is 10.1 Å². The van der Waals surface area contributed by atoms with Crippen molar-refractivity contribution >= 4 is 5.91 Å². The van der Waals surface area contributed by atoms with Gasteiger partial charge in [-0.15, -0.1) is 0 Å². The molecule has 2 rings (SSSR count). The van der Waals surface area contributed by atoms with Crippen molar-refractivity contribution in [2.45, 2.75) is 6.54 Å². The lowest BCUT2D eigenvalue weighted by atomic mass is 10.2. The van der Waals surface area contributed by atoms with Gasteiger partial charge in [-0.3, -0.25) is 14.5 Å². The molecular formula is C13H15FN4O2. The first-order chi connectivity index (χ1) is 9.75. The zero-order valence-electron chi connectivity index (χ0n) is 10.8. The van der Waals surface area contributed by atoms with Gasteiger partial charge in [0, 0.05) is 25.1 Å². The number of pyridine rings is 1. The van der Waals surface area contributed by atoms with Crippen LogP contribution >= 0.6 is 0 Å². The normalized spacial score (nSPS) is 10.4. The summed E-state index contributed by atoms with van der Waals surface area (Å²) in [6.45, 7) is 1.91. The van der Waals surface area contributed by atoms with Crippen LogP contribution in [-0.2, 0) is 11.3 Å². The zero-order valence-corrected chi connectivity index (χ0v) is 10.8. The molecule has 7 heteroatoms. The van der Waals surface area contributed by atoms with E-state index in [9.17, 15) is 9.18 Å². The van der Waals surface area contributed by atoms with Gasteiger partial charge in [0.25, 0.3) is 5.91 Å². The molecule has 0 bridgehead atoms. The molecule has 20 heavy (non-hydrogen) atoms. The lowest BCUT2D eigenvalue weighted by Gasteiger charge is -2.06. The summed E-state index contributed by atoms with van der Waals surface area (Å²) in [5.74, 6) is -0.902. The molecule has 0 saturated heterocycles. The Balaban J connectivity index is 1.60. The summed E-state index contributed by atoms with van der Waals surface area (Å²) in [7, 11) is 0. The van der Waals surface area contributed by atoms with E-state index in [2.05, 4.69) is 15.4 Å². The average Bonchev–Trinajstić information content (AvgIpc) is 2.95. The summed E-state index contributed by atoms with van der Waals surface area (Å²) < 4.78 is 20.0. The number of carbonyl (C=O) groups is 1. The van der Waals surface area contributed by atoms with Crippen molar-refractivity contribution in [1.82, 2.24) is 20.1 Å². The predicted octanol–water partition coefficient (Wildman–Crippen LogP) is 0.864. The third-order valence-electron chi connectivity index (χ3n) is 2.52. The van der Waals surface area contributed by atoms with E-state index < -0.39 is 5.82 Å². The number of aromatic nitrogens is 3. The second kappa shape index (κ2) is 7.34. The molecule has 2 aromatic heterocycles. The molecule has 0 aliphatic heterocycles. The second-order valence-corrected chi connectivity index (χ2v) is 4.03. The lowest BCUT2D eigenvalue weighted by molar-refractivity contribution is 0.0905. The molecule has 0 atom stereocenters. The molecule has 1 amide bonds. The molecule has 0 spiro atoms. The van der Waals surface area contributed by atoms with Gasteiger partial charge in [0.05, 0.1) is 31.5 Å². The van der Waals surface area contributed by atoms with Gasteiger partial charge >= 0.3 is 0 Å². The fourth-order valence-corrected chi connectivity index (χ4v) is 1.57. The first-order valence-corrected chi connectivity index (χ1v) is 6.19. The predicted molar refractivity (Wildman–Crippen MR) is 69.6 cm³/mol. The molecule has 0 fully saturated rings. The van der Waals surface area contributed by atoms with E-state index in [-0.39, 0.29) is 11.5 Å². The Kier molecular flexibility index (Phi) is 5.19. The van der Waals surface area contributed by atoms with Crippen LogP contribution in [0.1, 0.15) is 10.4 Å². The topological polar surface area (TPSA) is 69.0 Å². The Morgan fingerprint density at radius 1 is 1.40 bits per heavy atom. The summed E-state index contributed by atoms with van der Waals surface area (Å²) in [5.41, 5.74) is 0.196. The number of nitrogens with one attached hydrogen (secondary N) is 1. The number of hydrogen-bond acceptors (Lipinski definition) is 4. The molecule has 0 saturated carbocycles. The highest BCUT2D eigenvalue weighted by Crippen LogP contribution is 2.00. The van der Waals surface area contributed by atoms with Gasteiger partial charge in [0.15, 0.2) is 0 Å². The Bertz CT molecular complexity index is 545. The van der Waals surface area contributed by atoms with Crippen molar-refractivity contribution in [3.05, 3.63) is 48.3 Å². The maximum Gasteiger partial charge on any atom is 0.253 e. The van der Waals surface area contributed by atoms with Crippen molar-refractivity contribution in [3.8, 4) is 0 Å². The van der Waals surface area contributed by atoms with E-state index in [0.29, 0.717) is 26.3 Å². The second-order valence-electron chi connectivity index (χ2n) is 4.03. The molecule has 2 heterocycles. The monoisotopic (exact) mass is 278 g/mol. The molecule has 0 aliphatic carbocycles. The van der Waals surface area contributed by atoms with Crippen molar-refractivity contribution in [1.29, 1.82) is 0 Å². The number of nitrogens with zero attached hydrogens (tertiary/aromatic N) is 3. The van der Waals surface area contributed by atoms with Gasteiger partial charge in [-0.2, -0.15) is 5.10 Å². The number of carbonyl (C=O) groups excluding carboxylic acids is 1. The van der Waals surface area contributed by atoms with Gasteiger partial charge in [0.1, 0.15) is 5.82 Å². The number of rotatable bonds is 7. The van der Waals surface area contributed by atoms with Crippen LogP contribution in [0.3, 0.4) is 0 Å². The highest BCUT2D eigenvalue weighted by molar-refractivity contribution is 5.93. The Morgan fingerprint density at radius 2 is 2.30 bits per heavy atom. The minimum Gasteiger partial charge on any atom is -0.378 e. The largest absolute Gasteiger partial charge is 0.378 e. The Morgan fingerprint density at radius 3 is 3.05 bits per heavy atom. The van der Waals surface area contributed by atoms with Gasteiger partial charge in [-0.25, -0.2) is 4.39 Å². The smallest absolute Gasteiger partial charge is 0.253 e. The zero-order chi connectivity index (χ0) is 14.2. The molecule has 1 N–H and O–H groups in total. The SMILES string of the molecule is O=C(NCCOCCn1cccn1)c1cncc(F)c1. The number of amides is 1. The summed E-state index contributed by atoms with van der Waals surface area (Å²) in [6.07, 6.45) is 5.92. The van der Waals surface area contributed by atoms with Crippen molar-refractivity contribution in [2.24, 2.45) is 0 Å². The first-order valence-electron chi connectivity index (χ1n) is 6.19. The third kappa shape index (κ3) is 4.43. The van der Waals surface area contributed by atoms with E-state index in [4.69, 9.17) is 4.74 Å². The number of ether oxygens (including phenoxy) is 1. The van der Waals surface area contributed by atoms with Crippen LogP contribution in [0.25, 0.3) is 0 Å². The van der Waals surface area contributed by atoms with E-state index in [0.717, 1.165) is 12.3 Å². The van der Waals surface area contributed by atoms with E-state index in [1.165, 1.54) is 6.20 Å². The third-order valence-corrected chi connectivity index (χ3v) is 2.52. The molecule has 0 unspecified atom stereocenters. The summed E-state index contributed by atoms with van der Waals surface area (Å²) >= 11 is 0. The van der Waals surface area contributed by atoms with Crippen LogP contribution < -0.4 is 5.32 Å². The molecule has 0 radical (unpaired) electrons. The van der Waals surface area contributed by atoms with E-state index in [1.807, 2.05) is 12.3 Å². The summed E-state index contributed by atoms with van der Waals surface area (Å²) in [4.78, 5) is 15.2. The highest BCUT2D eigenvalue weighted by Gasteiger charge is 2.05. The van der Waals surface area contributed by atoms with Crippen LogP contribution in [0, 0.1) is 5.82 Å².